The summed E-state index contributed by atoms with van der Waals surface area (Å²) in [4.78, 5) is 13.7. The Morgan fingerprint density at radius 1 is 1.67 bits per heavy atom. The molecule has 1 atom stereocenters. The smallest absolute Gasteiger partial charge is 0.261 e. The summed E-state index contributed by atoms with van der Waals surface area (Å²) < 4.78 is 0. The number of hydrogen-bond acceptors (Lipinski definition) is 3. The van der Waals surface area contributed by atoms with Crippen LogP contribution in [0.25, 0.3) is 0 Å². The van der Waals surface area contributed by atoms with Gasteiger partial charge in [0.25, 0.3) is 5.91 Å². The van der Waals surface area contributed by atoms with E-state index in [1.165, 1.54) is 10.4 Å². The molecule has 0 saturated heterocycles. The van der Waals surface area contributed by atoms with E-state index in [1.807, 2.05) is 19.9 Å². The Bertz CT molecular complexity index is 346. The molecule has 0 radical (unpaired) electrons. The summed E-state index contributed by atoms with van der Waals surface area (Å²) in [5.74, 6) is -0.0132. The topological polar surface area (TPSA) is 55.1 Å². The highest BCUT2D eigenvalue weighted by Gasteiger charge is 2.12. The lowest BCUT2D eigenvalue weighted by Gasteiger charge is -2.09. The first-order chi connectivity index (χ1) is 7.08. The molecule has 1 aromatic rings. The largest absolute Gasteiger partial charge is 0.348 e. The zero-order valence-electron chi connectivity index (χ0n) is 9.46. The number of rotatable bonds is 4. The average molecular weight is 226 g/mol. The number of amides is 1. The Morgan fingerprint density at radius 3 is 2.80 bits per heavy atom. The molecular weight excluding hydrogens is 208 g/mol. The lowest BCUT2D eigenvalue weighted by Crippen LogP contribution is -2.37. The Hall–Kier alpha value is -0.870. The van der Waals surface area contributed by atoms with Crippen molar-refractivity contribution in [2.45, 2.75) is 33.2 Å². The predicted molar refractivity (Wildman–Crippen MR) is 64.4 cm³/mol. The summed E-state index contributed by atoms with van der Waals surface area (Å²) in [6.45, 7) is 6.52. The molecule has 0 bridgehead atoms. The predicted octanol–water partition coefficient (Wildman–Crippen LogP) is 1.70. The summed E-state index contributed by atoms with van der Waals surface area (Å²) in [6, 6.07) is 2.00. The van der Waals surface area contributed by atoms with Crippen molar-refractivity contribution >= 4 is 17.2 Å². The van der Waals surface area contributed by atoms with Gasteiger partial charge in [-0.25, -0.2) is 0 Å². The monoisotopic (exact) mass is 226 g/mol. The number of thiophene rings is 1. The fraction of sp³-hybridized carbons (Fsp3) is 0.545. The first-order valence-electron chi connectivity index (χ1n) is 5.18. The van der Waals surface area contributed by atoms with Gasteiger partial charge in [-0.05, 0) is 31.9 Å². The second-order valence-electron chi connectivity index (χ2n) is 3.66. The van der Waals surface area contributed by atoms with Crippen molar-refractivity contribution < 1.29 is 4.79 Å². The molecule has 1 rings (SSSR count). The standard InChI is InChI=1S/C11H18N2OS/c1-4-9-5-10(15-8(9)3)11(14)13-7(2)6-12/h5,7H,4,6,12H2,1-3H3,(H,13,14)/t7-/m1/s1. The Kier molecular flexibility index (Phi) is 4.29. The van der Waals surface area contributed by atoms with Gasteiger partial charge >= 0.3 is 0 Å². The van der Waals surface area contributed by atoms with Crippen LogP contribution in [0.1, 0.15) is 34.0 Å². The van der Waals surface area contributed by atoms with Gasteiger partial charge in [0, 0.05) is 17.5 Å². The van der Waals surface area contributed by atoms with Crippen molar-refractivity contribution in [1.29, 1.82) is 0 Å². The number of nitrogens with one attached hydrogen (secondary N) is 1. The molecule has 4 heteroatoms. The maximum absolute atomic E-state index is 11.7. The number of carbonyl (C=O) groups is 1. The minimum absolute atomic E-state index is 0.0132. The molecule has 0 spiro atoms. The van der Waals surface area contributed by atoms with Gasteiger partial charge in [0.1, 0.15) is 0 Å². The van der Waals surface area contributed by atoms with E-state index < -0.39 is 0 Å². The van der Waals surface area contributed by atoms with Gasteiger partial charge < -0.3 is 11.1 Å². The van der Waals surface area contributed by atoms with Gasteiger partial charge in [0.05, 0.1) is 4.88 Å². The number of hydrogen-bond donors (Lipinski definition) is 2. The van der Waals surface area contributed by atoms with E-state index in [2.05, 4.69) is 12.2 Å². The molecule has 1 amide bonds. The van der Waals surface area contributed by atoms with E-state index in [4.69, 9.17) is 5.73 Å². The number of carbonyl (C=O) groups excluding carboxylic acids is 1. The molecule has 0 aromatic carbocycles. The van der Waals surface area contributed by atoms with Crippen LogP contribution in [0.4, 0.5) is 0 Å². The quantitative estimate of drug-likeness (QED) is 0.821. The van der Waals surface area contributed by atoms with Crippen LogP contribution in [0.15, 0.2) is 6.07 Å². The van der Waals surface area contributed by atoms with Crippen LogP contribution >= 0.6 is 11.3 Å². The van der Waals surface area contributed by atoms with E-state index in [-0.39, 0.29) is 11.9 Å². The zero-order chi connectivity index (χ0) is 11.4. The van der Waals surface area contributed by atoms with Crippen molar-refractivity contribution in [3.05, 3.63) is 21.4 Å². The first-order valence-corrected chi connectivity index (χ1v) is 6.00. The SMILES string of the molecule is CCc1cc(C(=O)N[C@H](C)CN)sc1C. The summed E-state index contributed by atoms with van der Waals surface area (Å²) in [7, 11) is 0. The highest BCUT2D eigenvalue weighted by Crippen LogP contribution is 2.21. The number of nitrogens with two attached hydrogens (primary N) is 1. The molecule has 0 unspecified atom stereocenters. The van der Waals surface area contributed by atoms with E-state index >= 15 is 0 Å². The molecule has 3 nitrogen and oxygen atoms in total. The van der Waals surface area contributed by atoms with Crippen molar-refractivity contribution in [1.82, 2.24) is 5.32 Å². The van der Waals surface area contributed by atoms with Crippen LogP contribution in [-0.2, 0) is 6.42 Å². The van der Waals surface area contributed by atoms with Crippen molar-refractivity contribution in [3.8, 4) is 0 Å². The van der Waals surface area contributed by atoms with Crippen LogP contribution in [0, 0.1) is 6.92 Å². The molecule has 1 heterocycles. The van der Waals surface area contributed by atoms with Crippen LogP contribution in [0.2, 0.25) is 0 Å². The molecule has 15 heavy (non-hydrogen) atoms. The van der Waals surface area contributed by atoms with E-state index in [1.54, 1.807) is 11.3 Å². The van der Waals surface area contributed by atoms with E-state index in [0.29, 0.717) is 6.54 Å². The molecule has 0 aliphatic carbocycles. The second kappa shape index (κ2) is 5.28. The lowest BCUT2D eigenvalue weighted by molar-refractivity contribution is 0.0945. The Labute approximate surface area is 94.7 Å². The third kappa shape index (κ3) is 3.04. The maximum Gasteiger partial charge on any atom is 0.261 e. The summed E-state index contributed by atoms with van der Waals surface area (Å²) in [5.41, 5.74) is 6.70. The molecule has 84 valence electrons. The van der Waals surface area contributed by atoms with Crippen LogP contribution in [0.5, 0.6) is 0 Å². The van der Waals surface area contributed by atoms with Crippen molar-refractivity contribution in [2.75, 3.05) is 6.54 Å². The second-order valence-corrected chi connectivity index (χ2v) is 4.91. The van der Waals surface area contributed by atoms with Crippen LogP contribution < -0.4 is 11.1 Å². The fourth-order valence-corrected chi connectivity index (χ4v) is 2.35. The van der Waals surface area contributed by atoms with Crippen LogP contribution in [-0.4, -0.2) is 18.5 Å². The molecule has 0 saturated carbocycles. The van der Waals surface area contributed by atoms with E-state index in [0.717, 1.165) is 11.3 Å². The fourth-order valence-electron chi connectivity index (χ4n) is 1.34. The highest BCUT2D eigenvalue weighted by molar-refractivity contribution is 7.14. The maximum atomic E-state index is 11.7. The van der Waals surface area contributed by atoms with Gasteiger partial charge in [0.2, 0.25) is 0 Å². The summed E-state index contributed by atoms with van der Waals surface area (Å²) in [5, 5.41) is 2.86. The Balaban J connectivity index is 2.74. The third-order valence-corrected chi connectivity index (χ3v) is 3.45. The van der Waals surface area contributed by atoms with Gasteiger partial charge in [-0.2, -0.15) is 0 Å². The zero-order valence-corrected chi connectivity index (χ0v) is 10.3. The summed E-state index contributed by atoms with van der Waals surface area (Å²) in [6.07, 6.45) is 0.974. The van der Waals surface area contributed by atoms with Crippen molar-refractivity contribution in [3.63, 3.8) is 0 Å². The normalized spacial score (nSPS) is 12.5. The Morgan fingerprint density at radius 2 is 2.33 bits per heavy atom. The molecule has 1 aromatic heterocycles. The van der Waals surface area contributed by atoms with Crippen molar-refractivity contribution in [2.24, 2.45) is 5.73 Å². The molecule has 0 fully saturated rings. The third-order valence-electron chi connectivity index (χ3n) is 2.36. The molecular formula is C11H18N2OS. The van der Waals surface area contributed by atoms with Gasteiger partial charge in [-0.1, -0.05) is 6.92 Å². The highest BCUT2D eigenvalue weighted by atomic mass is 32.1. The van der Waals surface area contributed by atoms with Crippen LogP contribution in [0.3, 0.4) is 0 Å². The van der Waals surface area contributed by atoms with Gasteiger partial charge in [0.15, 0.2) is 0 Å². The number of aryl methyl sites for hydroxylation is 2. The van der Waals surface area contributed by atoms with Gasteiger partial charge in [-0.15, -0.1) is 11.3 Å². The lowest BCUT2D eigenvalue weighted by atomic mass is 10.2. The van der Waals surface area contributed by atoms with Gasteiger partial charge in [-0.3, -0.25) is 4.79 Å². The first kappa shape index (κ1) is 12.2. The molecule has 0 aliphatic heterocycles. The molecule has 0 aliphatic rings. The molecule has 3 N–H and O–H groups in total. The minimum atomic E-state index is -0.0132. The van der Waals surface area contributed by atoms with E-state index in [9.17, 15) is 4.79 Å². The minimum Gasteiger partial charge on any atom is -0.348 e. The summed E-state index contributed by atoms with van der Waals surface area (Å²) >= 11 is 1.55. The average Bonchev–Trinajstić information content (AvgIpc) is 2.59.